The highest BCUT2D eigenvalue weighted by Crippen LogP contribution is 2.53. The molecule has 12 nitrogen and oxygen atoms in total. The first-order chi connectivity index (χ1) is 16.8. The monoisotopic (exact) mass is 497 g/mol. The highest BCUT2D eigenvalue weighted by atomic mass is 16.4. The van der Waals surface area contributed by atoms with Gasteiger partial charge in [-0.3, -0.25) is 19.3 Å². The summed E-state index contributed by atoms with van der Waals surface area (Å²) < 4.78 is 5.56. The minimum atomic E-state index is -2.64. The van der Waals surface area contributed by atoms with E-state index in [0.29, 0.717) is 11.1 Å². The summed E-state index contributed by atoms with van der Waals surface area (Å²) in [4.78, 5) is 46.6. The van der Waals surface area contributed by atoms with E-state index in [1.807, 2.05) is 19.0 Å². The SMILES string of the molecule is CN(C)c1cc2nc(N)oc2c2c1C[C@H]1C[C@H]3[C@H](N(C)C)C(=O)C(C(N)=O)=C(O)[C@@]3(O)C(=O)C1=C2O. The number of aromatic nitrogens is 1. The Morgan fingerprint density at radius 2 is 1.89 bits per heavy atom. The van der Waals surface area contributed by atoms with Crippen molar-refractivity contribution in [2.24, 2.45) is 17.6 Å². The molecule has 1 saturated carbocycles. The Labute approximate surface area is 205 Å². The molecular weight excluding hydrogens is 470 g/mol. The van der Waals surface area contributed by atoms with Gasteiger partial charge in [0.25, 0.3) is 11.9 Å². The molecule has 1 aromatic carbocycles. The number of nitrogens with two attached hydrogens (primary N) is 2. The molecule has 1 aromatic heterocycles. The van der Waals surface area contributed by atoms with E-state index < -0.39 is 58.0 Å². The van der Waals surface area contributed by atoms with Gasteiger partial charge in [0, 0.05) is 31.3 Å². The number of likely N-dealkylation sites (N-methyl/N-ethyl adjacent to an activating group) is 1. The number of nitrogen functional groups attached to an aromatic ring is 1. The molecule has 0 spiro atoms. The molecule has 4 atom stereocenters. The molecule has 190 valence electrons. The fourth-order valence-electron chi connectivity index (χ4n) is 6.10. The third-order valence-corrected chi connectivity index (χ3v) is 7.58. The number of hydrogen-bond acceptors (Lipinski definition) is 11. The number of oxazole rings is 1. The number of rotatable bonds is 3. The van der Waals surface area contributed by atoms with E-state index in [0.717, 1.165) is 5.69 Å². The van der Waals surface area contributed by atoms with E-state index in [4.69, 9.17) is 15.9 Å². The van der Waals surface area contributed by atoms with Crippen LogP contribution in [-0.2, 0) is 20.8 Å². The van der Waals surface area contributed by atoms with Gasteiger partial charge in [-0.15, -0.1) is 0 Å². The van der Waals surface area contributed by atoms with E-state index in [9.17, 15) is 29.7 Å². The zero-order chi connectivity index (χ0) is 26.4. The Balaban J connectivity index is 1.80. The van der Waals surface area contributed by atoms with Crippen LogP contribution in [0.3, 0.4) is 0 Å². The number of anilines is 2. The summed E-state index contributed by atoms with van der Waals surface area (Å²) in [5, 5.41) is 34.1. The molecule has 0 aliphatic heterocycles. The Hall–Kier alpha value is -3.90. The summed E-state index contributed by atoms with van der Waals surface area (Å²) in [5.41, 5.74) is 9.72. The average molecular weight is 498 g/mol. The second-order valence-corrected chi connectivity index (χ2v) is 10.0. The number of hydrogen-bond donors (Lipinski definition) is 5. The smallest absolute Gasteiger partial charge is 0.293 e. The van der Waals surface area contributed by atoms with Crippen LogP contribution in [0.15, 0.2) is 27.4 Å². The van der Waals surface area contributed by atoms with Gasteiger partial charge in [-0.1, -0.05) is 0 Å². The highest BCUT2D eigenvalue weighted by Gasteiger charge is 2.64. The molecule has 3 aliphatic rings. The number of ketones is 2. The van der Waals surface area contributed by atoms with Crippen molar-refractivity contribution in [1.29, 1.82) is 0 Å². The summed E-state index contributed by atoms with van der Waals surface area (Å²) in [6, 6.07) is 0.545. The number of carbonyl (C=O) groups excluding carboxylic acids is 3. The van der Waals surface area contributed by atoms with Crippen molar-refractivity contribution in [2.45, 2.75) is 24.5 Å². The van der Waals surface area contributed by atoms with Gasteiger partial charge in [0.05, 0.1) is 11.6 Å². The molecule has 1 fully saturated rings. The number of benzene rings is 1. The van der Waals surface area contributed by atoms with Crippen molar-refractivity contribution in [1.82, 2.24) is 9.88 Å². The van der Waals surface area contributed by atoms with E-state index >= 15 is 0 Å². The Bertz CT molecular complexity index is 1440. The largest absolute Gasteiger partial charge is 0.508 e. The molecule has 12 heteroatoms. The standard InChI is InChI=1S/C24H27N5O7/c1-28(2)12-7-11-19(36-23(26)27-11)14-9(12)5-8-6-10-16(29(3)4)18(31)15(22(25)34)21(33)24(10,35)20(32)13(8)17(14)30/h7-8,10,16,30,33,35H,5-6H2,1-4H3,(H2,25,34)(H2,26,27)/t8-,10-,16-,24-/m0/s1. The van der Waals surface area contributed by atoms with Gasteiger partial charge in [-0.25, -0.2) is 0 Å². The van der Waals surface area contributed by atoms with Crippen LogP contribution in [0.5, 0.6) is 0 Å². The third kappa shape index (κ3) is 2.88. The van der Waals surface area contributed by atoms with Crippen LogP contribution in [0.4, 0.5) is 11.7 Å². The molecule has 0 saturated heterocycles. The lowest BCUT2D eigenvalue weighted by Crippen LogP contribution is -2.65. The van der Waals surface area contributed by atoms with Crippen LogP contribution in [0, 0.1) is 11.8 Å². The summed E-state index contributed by atoms with van der Waals surface area (Å²) in [6.45, 7) is 0. The van der Waals surface area contributed by atoms with Crippen LogP contribution in [0.25, 0.3) is 16.9 Å². The summed E-state index contributed by atoms with van der Waals surface area (Å²) >= 11 is 0. The predicted octanol–water partition coefficient (Wildman–Crippen LogP) is 0.0478. The number of amides is 1. The van der Waals surface area contributed by atoms with Gasteiger partial charge >= 0.3 is 0 Å². The highest BCUT2D eigenvalue weighted by molar-refractivity contribution is 6.24. The quantitative estimate of drug-likeness (QED) is 0.359. The molecule has 0 radical (unpaired) electrons. The van der Waals surface area contributed by atoms with Crippen LogP contribution < -0.4 is 16.4 Å². The molecule has 3 aliphatic carbocycles. The number of Topliss-reactive ketones (excluding diaryl/α,β-unsaturated/α-hetero) is 2. The Kier molecular flexibility index (Phi) is 4.99. The first kappa shape index (κ1) is 23.8. The van der Waals surface area contributed by atoms with Gasteiger partial charge in [0.2, 0.25) is 5.78 Å². The molecule has 36 heavy (non-hydrogen) atoms. The van der Waals surface area contributed by atoms with Gasteiger partial charge in [0.1, 0.15) is 22.6 Å². The van der Waals surface area contributed by atoms with Crippen molar-refractivity contribution in [3.63, 3.8) is 0 Å². The van der Waals surface area contributed by atoms with E-state index in [-0.39, 0.29) is 35.6 Å². The lowest BCUT2D eigenvalue weighted by Gasteiger charge is -2.50. The zero-order valence-corrected chi connectivity index (χ0v) is 20.2. The van der Waals surface area contributed by atoms with Crippen molar-refractivity contribution in [3.05, 3.63) is 34.1 Å². The van der Waals surface area contributed by atoms with Crippen molar-refractivity contribution in [3.8, 4) is 0 Å². The normalized spacial score (nSPS) is 27.9. The molecule has 2 aromatic rings. The van der Waals surface area contributed by atoms with Gasteiger partial charge < -0.3 is 36.1 Å². The average Bonchev–Trinajstić information content (AvgIpc) is 3.14. The molecule has 5 rings (SSSR count). The summed E-state index contributed by atoms with van der Waals surface area (Å²) in [6.07, 6.45) is 0.341. The molecule has 1 amide bonds. The second-order valence-electron chi connectivity index (χ2n) is 10.0. The summed E-state index contributed by atoms with van der Waals surface area (Å²) in [5.74, 6) is -6.24. The maximum absolute atomic E-state index is 13.9. The number of nitrogens with zero attached hydrogens (tertiary/aromatic N) is 3. The topological polar surface area (TPSA) is 196 Å². The lowest BCUT2D eigenvalue weighted by atomic mass is 9.57. The minimum absolute atomic E-state index is 0.0647. The number of aliphatic hydroxyl groups is 3. The predicted molar refractivity (Wildman–Crippen MR) is 129 cm³/mol. The maximum Gasteiger partial charge on any atom is 0.293 e. The fraction of sp³-hybridized carbons (Fsp3) is 0.417. The Morgan fingerprint density at radius 1 is 1.22 bits per heavy atom. The first-order valence-corrected chi connectivity index (χ1v) is 11.3. The number of aliphatic hydroxyl groups excluding tert-OH is 2. The summed E-state index contributed by atoms with van der Waals surface area (Å²) in [7, 11) is 6.79. The van der Waals surface area contributed by atoms with Gasteiger partial charge in [0.15, 0.2) is 17.0 Å². The number of carbonyl (C=O) groups is 3. The van der Waals surface area contributed by atoms with Crippen LogP contribution >= 0.6 is 0 Å². The van der Waals surface area contributed by atoms with E-state index in [2.05, 4.69) is 4.98 Å². The number of primary amides is 1. The van der Waals surface area contributed by atoms with Crippen LogP contribution in [0.1, 0.15) is 17.5 Å². The maximum atomic E-state index is 13.9. The van der Waals surface area contributed by atoms with Crippen molar-refractivity contribution >= 4 is 46.0 Å². The lowest BCUT2D eigenvalue weighted by molar-refractivity contribution is -0.153. The third-order valence-electron chi connectivity index (χ3n) is 7.58. The van der Waals surface area contributed by atoms with E-state index in [1.165, 1.54) is 4.90 Å². The molecular formula is C24H27N5O7. The number of fused-ring (bicyclic) bond motifs is 5. The second kappa shape index (κ2) is 7.55. The molecule has 0 bridgehead atoms. The fourth-order valence-corrected chi connectivity index (χ4v) is 6.10. The molecule has 0 unspecified atom stereocenters. The molecule has 7 N–H and O–H groups in total. The zero-order valence-electron chi connectivity index (χ0n) is 20.2. The van der Waals surface area contributed by atoms with Gasteiger partial charge in [-0.05, 0) is 44.5 Å². The van der Waals surface area contributed by atoms with Crippen LogP contribution in [0.2, 0.25) is 0 Å². The first-order valence-electron chi connectivity index (χ1n) is 11.3. The van der Waals surface area contributed by atoms with E-state index in [1.54, 1.807) is 20.2 Å². The molecule has 1 heterocycles. The minimum Gasteiger partial charge on any atom is -0.508 e. The Morgan fingerprint density at radius 3 is 2.47 bits per heavy atom. The van der Waals surface area contributed by atoms with Gasteiger partial charge in [-0.2, -0.15) is 4.98 Å². The van der Waals surface area contributed by atoms with Crippen molar-refractivity contribution < 1.29 is 34.1 Å². The van der Waals surface area contributed by atoms with Crippen LogP contribution in [-0.4, -0.2) is 82.5 Å². The van der Waals surface area contributed by atoms with Crippen molar-refractivity contribution in [2.75, 3.05) is 38.8 Å².